The van der Waals surface area contributed by atoms with Gasteiger partial charge in [0.1, 0.15) is 13.2 Å². The van der Waals surface area contributed by atoms with Crippen molar-refractivity contribution in [3.8, 4) is 0 Å². The summed E-state index contributed by atoms with van der Waals surface area (Å²) >= 11 is 0. The Balaban J connectivity index is 1.38. The molecule has 2 amide bonds. The minimum Gasteiger partial charge on any atom is -0.445 e. The molecule has 0 atom stereocenters. The number of nitrogens with one attached hydrogen (secondary N) is 2. The van der Waals surface area contributed by atoms with Crippen LogP contribution in [-0.2, 0) is 29.2 Å². The lowest BCUT2D eigenvalue weighted by Gasteiger charge is -2.09. The predicted molar refractivity (Wildman–Crippen MR) is 110 cm³/mol. The molecule has 0 aliphatic rings. The van der Waals surface area contributed by atoms with Crippen LogP contribution in [0.25, 0.3) is 0 Å². The van der Waals surface area contributed by atoms with Gasteiger partial charge < -0.3 is 14.8 Å². The zero-order valence-electron chi connectivity index (χ0n) is 15.8. The van der Waals surface area contributed by atoms with Crippen molar-refractivity contribution in [2.75, 3.05) is 5.32 Å². The van der Waals surface area contributed by atoms with Gasteiger partial charge in [-0.05, 0) is 28.8 Å². The maximum absolute atomic E-state index is 11.9. The highest BCUT2D eigenvalue weighted by Gasteiger charge is 2.05. The van der Waals surface area contributed by atoms with Gasteiger partial charge in [-0.1, -0.05) is 72.8 Å². The average Bonchev–Trinajstić information content (AvgIpc) is 2.77. The van der Waals surface area contributed by atoms with E-state index in [1.54, 1.807) is 12.1 Å². The largest absolute Gasteiger partial charge is 0.445 e. The highest BCUT2D eigenvalue weighted by Crippen LogP contribution is 2.11. The molecule has 3 rings (SSSR count). The molecule has 3 aromatic carbocycles. The number of carbonyl (C=O) groups is 2. The van der Waals surface area contributed by atoms with Crippen molar-refractivity contribution in [3.63, 3.8) is 0 Å². The summed E-state index contributed by atoms with van der Waals surface area (Å²) in [7, 11) is 0. The lowest BCUT2D eigenvalue weighted by Crippen LogP contribution is -2.23. The van der Waals surface area contributed by atoms with Crippen LogP contribution >= 0.6 is 0 Å². The molecule has 6 nitrogen and oxygen atoms in total. The number of ether oxygens (including phenoxy) is 2. The van der Waals surface area contributed by atoms with Crippen LogP contribution in [0.1, 0.15) is 16.7 Å². The molecule has 0 spiro atoms. The van der Waals surface area contributed by atoms with Crippen LogP contribution in [0.3, 0.4) is 0 Å². The lowest BCUT2D eigenvalue weighted by molar-refractivity contribution is 0.139. The van der Waals surface area contributed by atoms with Crippen LogP contribution < -0.4 is 10.6 Å². The molecule has 6 heteroatoms. The first-order chi connectivity index (χ1) is 14.2. The van der Waals surface area contributed by atoms with E-state index in [1.807, 2.05) is 72.8 Å². The Bertz CT molecular complexity index is 913. The number of alkyl carbamates (subject to hydrolysis) is 1. The van der Waals surface area contributed by atoms with Gasteiger partial charge in [-0.3, -0.25) is 5.32 Å². The Morgan fingerprint density at radius 3 is 1.69 bits per heavy atom. The second-order valence-corrected chi connectivity index (χ2v) is 6.30. The van der Waals surface area contributed by atoms with Gasteiger partial charge in [-0.15, -0.1) is 0 Å². The molecule has 0 saturated carbocycles. The topological polar surface area (TPSA) is 76.7 Å². The number of hydrogen-bond donors (Lipinski definition) is 2. The van der Waals surface area contributed by atoms with E-state index in [2.05, 4.69) is 10.6 Å². The third-order valence-corrected chi connectivity index (χ3v) is 4.06. The van der Waals surface area contributed by atoms with E-state index in [9.17, 15) is 9.59 Å². The molecule has 0 aliphatic heterocycles. The highest BCUT2D eigenvalue weighted by atomic mass is 16.6. The van der Waals surface area contributed by atoms with E-state index in [-0.39, 0.29) is 13.2 Å². The fraction of sp³-hybridized carbons (Fsp3) is 0.130. The molecule has 0 aromatic heterocycles. The second-order valence-electron chi connectivity index (χ2n) is 6.30. The van der Waals surface area contributed by atoms with E-state index in [0.717, 1.165) is 16.7 Å². The zero-order chi connectivity index (χ0) is 20.3. The van der Waals surface area contributed by atoms with Gasteiger partial charge in [0.05, 0.1) is 0 Å². The number of hydrogen-bond acceptors (Lipinski definition) is 4. The van der Waals surface area contributed by atoms with Crippen LogP contribution in [0.2, 0.25) is 0 Å². The highest BCUT2D eigenvalue weighted by molar-refractivity contribution is 5.84. The Labute approximate surface area is 169 Å². The van der Waals surface area contributed by atoms with Crippen molar-refractivity contribution < 1.29 is 19.1 Å². The van der Waals surface area contributed by atoms with E-state index in [1.165, 1.54) is 0 Å². The predicted octanol–water partition coefficient (Wildman–Crippen LogP) is 4.86. The summed E-state index contributed by atoms with van der Waals surface area (Å²) in [6, 6.07) is 26.1. The normalized spacial score (nSPS) is 10.1. The van der Waals surface area contributed by atoms with Crippen molar-refractivity contribution in [3.05, 3.63) is 102 Å². The van der Waals surface area contributed by atoms with E-state index in [0.29, 0.717) is 12.2 Å². The van der Waals surface area contributed by atoms with Crippen LogP contribution in [0.15, 0.2) is 84.9 Å². The van der Waals surface area contributed by atoms with Crippen LogP contribution in [0, 0.1) is 0 Å². The summed E-state index contributed by atoms with van der Waals surface area (Å²) in [5.41, 5.74) is 3.34. The minimum atomic E-state index is -0.524. The Kier molecular flexibility index (Phi) is 7.23. The molecule has 3 aromatic rings. The SMILES string of the molecule is O=C(NCc1ccc(NC(=O)OCc2ccccc2)cc1)OCc1ccccc1. The number of carbonyl (C=O) groups excluding carboxylic acids is 2. The molecule has 2 N–H and O–H groups in total. The minimum absolute atomic E-state index is 0.208. The summed E-state index contributed by atoms with van der Waals surface area (Å²) < 4.78 is 10.3. The molecule has 148 valence electrons. The molecular weight excluding hydrogens is 368 g/mol. The van der Waals surface area contributed by atoms with Gasteiger partial charge in [-0.25, -0.2) is 9.59 Å². The lowest BCUT2D eigenvalue weighted by atomic mass is 10.2. The van der Waals surface area contributed by atoms with Crippen molar-refractivity contribution in [1.82, 2.24) is 5.32 Å². The second kappa shape index (κ2) is 10.5. The third kappa shape index (κ3) is 7.03. The first-order valence-electron chi connectivity index (χ1n) is 9.20. The molecule has 0 unspecified atom stereocenters. The summed E-state index contributed by atoms with van der Waals surface area (Å²) in [5, 5.41) is 5.36. The fourth-order valence-corrected chi connectivity index (χ4v) is 2.53. The quantitative estimate of drug-likeness (QED) is 0.604. The van der Waals surface area contributed by atoms with Gasteiger partial charge in [0.2, 0.25) is 0 Å². The summed E-state index contributed by atoms with van der Waals surface area (Å²) in [6.45, 7) is 0.757. The van der Waals surface area contributed by atoms with Gasteiger partial charge in [-0.2, -0.15) is 0 Å². The number of amides is 2. The van der Waals surface area contributed by atoms with Crippen LogP contribution in [0.5, 0.6) is 0 Å². The molecule has 0 bridgehead atoms. The van der Waals surface area contributed by atoms with Crippen molar-refractivity contribution >= 4 is 17.9 Å². The van der Waals surface area contributed by atoms with E-state index >= 15 is 0 Å². The molecule has 29 heavy (non-hydrogen) atoms. The number of rotatable bonds is 7. The summed E-state index contributed by atoms with van der Waals surface area (Å²) in [4.78, 5) is 23.7. The Morgan fingerprint density at radius 2 is 1.14 bits per heavy atom. The van der Waals surface area contributed by atoms with Crippen molar-refractivity contribution in [2.24, 2.45) is 0 Å². The Hall–Kier alpha value is -3.80. The van der Waals surface area contributed by atoms with E-state index in [4.69, 9.17) is 9.47 Å². The van der Waals surface area contributed by atoms with Crippen LogP contribution in [0.4, 0.5) is 15.3 Å². The number of anilines is 1. The first-order valence-corrected chi connectivity index (χ1v) is 9.20. The monoisotopic (exact) mass is 390 g/mol. The maximum atomic E-state index is 11.9. The average molecular weight is 390 g/mol. The zero-order valence-corrected chi connectivity index (χ0v) is 15.8. The molecule has 0 fully saturated rings. The number of benzene rings is 3. The molecule has 0 aliphatic carbocycles. The van der Waals surface area contributed by atoms with E-state index < -0.39 is 12.2 Å². The Morgan fingerprint density at radius 1 is 0.621 bits per heavy atom. The van der Waals surface area contributed by atoms with Gasteiger partial charge in [0, 0.05) is 12.2 Å². The van der Waals surface area contributed by atoms with Crippen LogP contribution in [-0.4, -0.2) is 12.2 Å². The van der Waals surface area contributed by atoms with Crippen molar-refractivity contribution in [1.29, 1.82) is 0 Å². The fourth-order valence-electron chi connectivity index (χ4n) is 2.53. The van der Waals surface area contributed by atoms with Crippen molar-refractivity contribution in [2.45, 2.75) is 19.8 Å². The van der Waals surface area contributed by atoms with Gasteiger partial charge in [0.25, 0.3) is 0 Å². The summed E-state index contributed by atoms with van der Waals surface area (Å²) in [6.07, 6.45) is -1.01. The van der Waals surface area contributed by atoms with Gasteiger partial charge in [0.15, 0.2) is 0 Å². The standard InChI is InChI=1S/C23H22N2O4/c26-22(28-16-19-7-3-1-4-8-19)24-15-18-11-13-21(14-12-18)25-23(27)29-17-20-9-5-2-6-10-20/h1-14H,15-17H2,(H,24,26)(H,25,27). The molecular formula is C23H22N2O4. The summed E-state index contributed by atoms with van der Waals surface area (Å²) in [5.74, 6) is 0. The molecule has 0 saturated heterocycles. The molecule has 0 heterocycles. The first kappa shape index (κ1) is 19.9. The van der Waals surface area contributed by atoms with Gasteiger partial charge >= 0.3 is 12.2 Å². The maximum Gasteiger partial charge on any atom is 0.411 e. The molecule has 0 radical (unpaired) electrons. The third-order valence-electron chi connectivity index (χ3n) is 4.06. The smallest absolute Gasteiger partial charge is 0.411 e.